The quantitative estimate of drug-likeness (QED) is 0.487. The second-order valence-corrected chi connectivity index (χ2v) is 6.54. The number of anilines is 1. The van der Waals surface area contributed by atoms with E-state index in [1.807, 2.05) is 20.8 Å². The van der Waals surface area contributed by atoms with Crippen molar-refractivity contribution in [3.05, 3.63) is 69.3 Å². The Balaban J connectivity index is 2.51. The minimum atomic E-state index is -1.23. The molecule has 0 unspecified atom stereocenters. The van der Waals surface area contributed by atoms with Gasteiger partial charge in [0, 0.05) is 22.7 Å². The fourth-order valence-corrected chi connectivity index (χ4v) is 2.36. The van der Waals surface area contributed by atoms with Crippen molar-refractivity contribution < 1.29 is 19.6 Å². The number of hydrogen-bond donors (Lipinski definition) is 2. The number of carbonyl (C=O) groups is 2. The molecule has 0 aliphatic carbocycles. The Kier molecular flexibility index (Phi) is 4.87. The third kappa shape index (κ3) is 4.20. The molecule has 25 heavy (non-hydrogen) atoms. The highest BCUT2D eigenvalue weighted by Crippen LogP contribution is 2.29. The number of nitro benzene ring substituents is 1. The molecule has 0 aliphatic rings. The summed E-state index contributed by atoms with van der Waals surface area (Å²) in [7, 11) is 0. The summed E-state index contributed by atoms with van der Waals surface area (Å²) < 4.78 is 0. The van der Waals surface area contributed by atoms with E-state index in [9.17, 15) is 24.8 Å². The number of aromatic carboxylic acids is 1. The van der Waals surface area contributed by atoms with Gasteiger partial charge in [-0.1, -0.05) is 18.2 Å². The lowest BCUT2D eigenvalue weighted by Crippen LogP contribution is -2.26. The molecule has 0 heterocycles. The van der Waals surface area contributed by atoms with Crippen molar-refractivity contribution in [2.75, 3.05) is 5.32 Å². The maximum Gasteiger partial charge on any atom is 0.336 e. The molecular formula is C18H18N2O5. The lowest BCUT2D eigenvalue weighted by atomic mass is 9.97. The monoisotopic (exact) mass is 342 g/mol. The number of carbonyl (C=O) groups excluding carboxylic acids is 1. The van der Waals surface area contributed by atoms with Crippen LogP contribution in [-0.2, 0) is 0 Å². The Bertz CT molecular complexity index is 853. The molecule has 0 fully saturated rings. The van der Waals surface area contributed by atoms with Gasteiger partial charge in [-0.05, 0) is 39.0 Å². The molecule has 130 valence electrons. The standard InChI is InChI=1S/C18H18N2O5/c1-18(2,3)19-14-9-8-11(10-15(14)20(24)25)16(21)12-6-4-5-7-13(12)17(22)23/h4-10,19H,1-3H3,(H,22,23). The van der Waals surface area contributed by atoms with Gasteiger partial charge < -0.3 is 10.4 Å². The third-order valence-corrected chi connectivity index (χ3v) is 3.37. The fourth-order valence-electron chi connectivity index (χ4n) is 2.36. The number of benzene rings is 2. The van der Waals surface area contributed by atoms with Crippen LogP contribution >= 0.6 is 0 Å². The van der Waals surface area contributed by atoms with Gasteiger partial charge in [-0.15, -0.1) is 0 Å². The normalized spacial score (nSPS) is 11.0. The van der Waals surface area contributed by atoms with Gasteiger partial charge >= 0.3 is 5.97 Å². The predicted octanol–water partition coefficient (Wildman–Crippen LogP) is 3.73. The summed E-state index contributed by atoms with van der Waals surface area (Å²) in [6, 6.07) is 9.83. The molecule has 0 aliphatic heterocycles. The molecule has 0 saturated heterocycles. The van der Waals surface area contributed by atoms with E-state index in [-0.39, 0.29) is 22.4 Å². The minimum absolute atomic E-state index is 0.0131. The van der Waals surface area contributed by atoms with Crippen LogP contribution in [0, 0.1) is 10.1 Å². The van der Waals surface area contributed by atoms with Crippen molar-refractivity contribution >= 4 is 23.1 Å². The molecule has 0 amide bonds. The van der Waals surface area contributed by atoms with Gasteiger partial charge in [-0.25, -0.2) is 4.79 Å². The topological polar surface area (TPSA) is 110 Å². The molecular weight excluding hydrogens is 324 g/mol. The molecule has 2 aromatic rings. The first kappa shape index (κ1) is 18.1. The Morgan fingerprint density at radius 3 is 2.20 bits per heavy atom. The molecule has 2 rings (SSSR count). The SMILES string of the molecule is CC(C)(C)Nc1ccc(C(=O)c2ccccc2C(=O)O)cc1[N+](=O)[O-]. The Hall–Kier alpha value is -3.22. The largest absolute Gasteiger partial charge is 0.478 e. The van der Waals surface area contributed by atoms with Crippen molar-refractivity contribution in [3.63, 3.8) is 0 Å². The number of carboxylic acids is 1. The number of hydrogen-bond acceptors (Lipinski definition) is 5. The highest BCUT2D eigenvalue weighted by atomic mass is 16.6. The second kappa shape index (κ2) is 6.72. The van der Waals surface area contributed by atoms with Gasteiger partial charge in [0.05, 0.1) is 10.5 Å². The van der Waals surface area contributed by atoms with Crippen molar-refractivity contribution in [1.82, 2.24) is 0 Å². The summed E-state index contributed by atoms with van der Waals surface area (Å²) >= 11 is 0. The van der Waals surface area contributed by atoms with Crippen LogP contribution in [0.5, 0.6) is 0 Å². The summed E-state index contributed by atoms with van der Waals surface area (Å²) in [5.41, 5.74) is -0.450. The van der Waals surface area contributed by atoms with Crippen molar-refractivity contribution in [2.24, 2.45) is 0 Å². The zero-order chi connectivity index (χ0) is 18.8. The zero-order valence-corrected chi connectivity index (χ0v) is 14.1. The number of nitrogens with one attached hydrogen (secondary N) is 1. The summed E-state index contributed by atoms with van der Waals surface area (Å²) in [5, 5.41) is 23.6. The van der Waals surface area contributed by atoms with E-state index in [4.69, 9.17) is 0 Å². The Labute approximate surface area is 144 Å². The first-order chi connectivity index (χ1) is 11.6. The molecule has 0 spiro atoms. The van der Waals surface area contributed by atoms with Crippen molar-refractivity contribution in [1.29, 1.82) is 0 Å². The van der Waals surface area contributed by atoms with E-state index in [1.165, 1.54) is 30.3 Å². The van der Waals surface area contributed by atoms with Gasteiger partial charge in [0.1, 0.15) is 5.69 Å². The van der Waals surface area contributed by atoms with E-state index in [1.54, 1.807) is 6.07 Å². The zero-order valence-electron chi connectivity index (χ0n) is 14.1. The average molecular weight is 342 g/mol. The number of carboxylic acid groups (broad SMARTS) is 1. The first-order valence-electron chi connectivity index (χ1n) is 7.54. The van der Waals surface area contributed by atoms with E-state index < -0.39 is 22.2 Å². The van der Waals surface area contributed by atoms with Crippen LogP contribution in [0.3, 0.4) is 0 Å². The minimum Gasteiger partial charge on any atom is -0.478 e. The lowest BCUT2D eigenvalue weighted by molar-refractivity contribution is -0.384. The van der Waals surface area contributed by atoms with Gasteiger partial charge in [0.15, 0.2) is 5.78 Å². The summed E-state index contributed by atoms with van der Waals surface area (Å²) in [6.45, 7) is 5.58. The van der Waals surface area contributed by atoms with Gasteiger partial charge in [0.2, 0.25) is 0 Å². The number of rotatable bonds is 5. The van der Waals surface area contributed by atoms with E-state index in [0.717, 1.165) is 6.07 Å². The summed E-state index contributed by atoms with van der Waals surface area (Å²) in [6.07, 6.45) is 0. The Morgan fingerprint density at radius 1 is 1.08 bits per heavy atom. The van der Waals surface area contributed by atoms with Crippen LogP contribution in [-0.4, -0.2) is 27.3 Å². The van der Waals surface area contributed by atoms with Crippen LogP contribution in [0.1, 0.15) is 47.1 Å². The molecule has 2 N–H and O–H groups in total. The smallest absolute Gasteiger partial charge is 0.336 e. The number of ketones is 1. The summed E-state index contributed by atoms with van der Waals surface area (Å²) in [4.78, 5) is 34.7. The number of nitrogens with zero attached hydrogens (tertiary/aromatic N) is 1. The van der Waals surface area contributed by atoms with Gasteiger partial charge in [-0.3, -0.25) is 14.9 Å². The van der Waals surface area contributed by atoms with Crippen molar-refractivity contribution in [2.45, 2.75) is 26.3 Å². The molecule has 7 heteroatoms. The fraction of sp³-hybridized carbons (Fsp3) is 0.222. The van der Waals surface area contributed by atoms with Crippen LogP contribution < -0.4 is 5.32 Å². The summed E-state index contributed by atoms with van der Waals surface area (Å²) in [5.74, 6) is -1.81. The maximum absolute atomic E-state index is 12.6. The molecule has 0 bridgehead atoms. The maximum atomic E-state index is 12.6. The molecule has 0 atom stereocenters. The lowest BCUT2D eigenvalue weighted by Gasteiger charge is -2.22. The van der Waals surface area contributed by atoms with E-state index >= 15 is 0 Å². The highest BCUT2D eigenvalue weighted by molar-refractivity contribution is 6.14. The molecule has 7 nitrogen and oxygen atoms in total. The molecule has 0 saturated carbocycles. The predicted molar refractivity (Wildman–Crippen MR) is 93.3 cm³/mol. The second-order valence-electron chi connectivity index (χ2n) is 6.54. The van der Waals surface area contributed by atoms with Gasteiger partial charge in [0.25, 0.3) is 5.69 Å². The third-order valence-electron chi connectivity index (χ3n) is 3.37. The average Bonchev–Trinajstić information content (AvgIpc) is 2.52. The van der Waals surface area contributed by atoms with Crippen LogP contribution in [0.25, 0.3) is 0 Å². The first-order valence-corrected chi connectivity index (χ1v) is 7.54. The Morgan fingerprint density at radius 2 is 1.68 bits per heavy atom. The van der Waals surface area contributed by atoms with Crippen LogP contribution in [0.2, 0.25) is 0 Å². The van der Waals surface area contributed by atoms with E-state index in [2.05, 4.69) is 5.32 Å². The number of nitro groups is 1. The molecule has 0 radical (unpaired) electrons. The highest BCUT2D eigenvalue weighted by Gasteiger charge is 2.23. The van der Waals surface area contributed by atoms with Crippen molar-refractivity contribution in [3.8, 4) is 0 Å². The molecule has 2 aromatic carbocycles. The van der Waals surface area contributed by atoms with Gasteiger partial charge in [-0.2, -0.15) is 0 Å². The van der Waals surface area contributed by atoms with E-state index in [0.29, 0.717) is 5.69 Å². The molecule has 0 aromatic heterocycles. The van der Waals surface area contributed by atoms with Crippen LogP contribution in [0.15, 0.2) is 42.5 Å². The van der Waals surface area contributed by atoms with Crippen LogP contribution in [0.4, 0.5) is 11.4 Å².